The average Bonchev–Trinajstić information content (AvgIpc) is 3.24. The summed E-state index contributed by atoms with van der Waals surface area (Å²) in [6.07, 6.45) is 13.9. The van der Waals surface area contributed by atoms with Gasteiger partial charge in [-0.25, -0.2) is 4.98 Å². The molecule has 0 radical (unpaired) electrons. The number of carbonyl (C=O) groups excluding carboxylic acids is 1. The van der Waals surface area contributed by atoms with E-state index in [2.05, 4.69) is 25.8 Å². The normalized spacial score (nSPS) is 19.5. The van der Waals surface area contributed by atoms with E-state index >= 15 is 0 Å². The molecular formula is C21H28N4O. The van der Waals surface area contributed by atoms with E-state index < -0.39 is 0 Å². The van der Waals surface area contributed by atoms with Crippen LogP contribution in [0.15, 0.2) is 42.9 Å². The molecule has 3 heterocycles. The van der Waals surface area contributed by atoms with Crippen molar-refractivity contribution >= 4 is 11.7 Å². The first-order valence-corrected chi connectivity index (χ1v) is 9.95. The van der Waals surface area contributed by atoms with Crippen LogP contribution in [0.5, 0.6) is 0 Å². The Hall–Kier alpha value is -2.30. The van der Waals surface area contributed by atoms with E-state index in [0.717, 1.165) is 50.3 Å². The molecule has 5 nitrogen and oxygen atoms in total. The number of amides is 1. The zero-order chi connectivity index (χ0) is 17.8. The van der Waals surface area contributed by atoms with Gasteiger partial charge < -0.3 is 14.8 Å². The Bertz CT molecular complexity index is 713. The lowest BCUT2D eigenvalue weighted by molar-refractivity contribution is -0.126. The molecule has 0 unspecified atom stereocenters. The monoisotopic (exact) mass is 352 g/mol. The fourth-order valence-corrected chi connectivity index (χ4v) is 4.25. The number of nitrogens with zero attached hydrogens (tertiary/aromatic N) is 3. The van der Waals surface area contributed by atoms with Gasteiger partial charge in [0.1, 0.15) is 0 Å². The highest BCUT2D eigenvalue weighted by molar-refractivity contribution is 5.79. The van der Waals surface area contributed by atoms with Gasteiger partial charge in [-0.2, -0.15) is 0 Å². The van der Waals surface area contributed by atoms with Gasteiger partial charge >= 0.3 is 0 Å². The van der Waals surface area contributed by atoms with Crippen molar-refractivity contribution in [1.29, 1.82) is 0 Å². The lowest BCUT2D eigenvalue weighted by Crippen LogP contribution is -2.44. The molecule has 2 aromatic rings. The van der Waals surface area contributed by atoms with E-state index in [0.29, 0.717) is 6.04 Å². The third kappa shape index (κ3) is 3.76. The summed E-state index contributed by atoms with van der Waals surface area (Å²) in [7, 11) is 0. The van der Waals surface area contributed by atoms with Crippen LogP contribution in [-0.2, 0) is 4.79 Å². The molecule has 1 aliphatic carbocycles. The van der Waals surface area contributed by atoms with Gasteiger partial charge in [0, 0.05) is 43.6 Å². The van der Waals surface area contributed by atoms with Gasteiger partial charge in [-0.3, -0.25) is 4.79 Å². The second kappa shape index (κ2) is 7.94. The van der Waals surface area contributed by atoms with E-state index in [1.807, 2.05) is 36.8 Å². The first kappa shape index (κ1) is 17.1. The minimum absolute atomic E-state index is 0.145. The highest BCUT2D eigenvalue weighted by Gasteiger charge is 2.28. The summed E-state index contributed by atoms with van der Waals surface area (Å²) in [5, 5.41) is 3.30. The number of pyridine rings is 1. The van der Waals surface area contributed by atoms with Crippen LogP contribution in [0.2, 0.25) is 0 Å². The Morgan fingerprint density at radius 2 is 1.73 bits per heavy atom. The number of piperidine rings is 1. The lowest BCUT2D eigenvalue weighted by Gasteiger charge is -2.34. The molecule has 0 aromatic carbocycles. The van der Waals surface area contributed by atoms with Gasteiger partial charge in [0.05, 0.1) is 5.69 Å². The summed E-state index contributed by atoms with van der Waals surface area (Å²) < 4.78 is 2.10. The van der Waals surface area contributed by atoms with Crippen molar-refractivity contribution in [3.63, 3.8) is 0 Å². The standard InChI is InChI=1S/C21H28N4O/c26-21(23-18-7-2-1-3-8-18)17-10-15-25(16-11-17)20-19(9-6-12-22-20)24-13-4-5-14-24/h4-6,9,12-14,17-18H,1-3,7-8,10-11,15-16H2,(H,23,26). The van der Waals surface area contributed by atoms with E-state index in [1.165, 1.54) is 19.3 Å². The zero-order valence-corrected chi connectivity index (χ0v) is 15.3. The fraction of sp³-hybridized carbons (Fsp3) is 0.524. The zero-order valence-electron chi connectivity index (χ0n) is 15.3. The predicted octanol–water partition coefficient (Wildman–Crippen LogP) is 3.54. The minimum Gasteiger partial charge on any atom is -0.355 e. The van der Waals surface area contributed by atoms with Crippen molar-refractivity contribution in [2.45, 2.75) is 51.0 Å². The molecule has 1 N–H and O–H groups in total. The summed E-state index contributed by atoms with van der Waals surface area (Å²) in [6.45, 7) is 1.77. The fourth-order valence-electron chi connectivity index (χ4n) is 4.25. The van der Waals surface area contributed by atoms with E-state index in [4.69, 9.17) is 0 Å². The molecule has 4 rings (SSSR count). The van der Waals surface area contributed by atoms with Gasteiger partial charge in [0.2, 0.25) is 5.91 Å². The second-order valence-corrected chi connectivity index (χ2v) is 7.54. The summed E-state index contributed by atoms with van der Waals surface area (Å²) in [4.78, 5) is 19.6. The Morgan fingerprint density at radius 3 is 2.46 bits per heavy atom. The van der Waals surface area contributed by atoms with Crippen molar-refractivity contribution < 1.29 is 4.79 Å². The van der Waals surface area contributed by atoms with Crippen LogP contribution in [0.3, 0.4) is 0 Å². The van der Waals surface area contributed by atoms with E-state index in [-0.39, 0.29) is 11.8 Å². The number of nitrogens with one attached hydrogen (secondary N) is 1. The van der Waals surface area contributed by atoms with Crippen LogP contribution in [0.4, 0.5) is 5.82 Å². The van der Waals surface area contributed by atoms with Crippen LogP contribution in [0, 0.1) is 5.92 Å². The van der Waals surface area contributed by atoms with E-state index in [9.17, 15) is 4.79 Å². The molecular weight excluding hydrogens is 324 g/mol. The number of carbonyl (C=O) groups is 1. The topological polar surface area (TPSA) is 50.2 Å². The van der Waals surface area contributed by atoms with Crippen molar-refractivity contribution in [2.75, 3.05) is 18.0 Å². The molecule has 5 heteroatoms. The molecule has 2 aromatic heterocycles. The molecule has 1 saturated carbocycles. The summed E-state index contributed by atoms with van der Waals surface area (Å²) >= 11 is 0. The molecule has 1 aliphatic heterocycles. The molecule has 2 fully saturated rings. The van der Waals surface area contributed by atoms with Crippen LogP contribution in [-0.4, -0.2) is 34.6 Å². The minimum atomic E-state index is 0.145. The third-order valence-electron chi connectivity index (χ3n) is 5.77. The van der Waals surface area contributed by atoms with Crippen LogP contribution in [0.1, 0.15) is 44.9 Å². The Balaban J connectivity index is 1.37. The average molecular weight is 352 g/mol. The van der Waals surface area contributed by atoms with Crippen LogP contribution in [0.25, 0.3) is 5.69 Å². The first-order chi connectivity index (χ1) is 12.8. The molecule has 2 aliphatic rings. The number of rotatable bonds is 4. The van der Waals surface area contributed by atoms with Crippen LogP contribution >= 0.6 is 0 Å². The van der Waals surface area contributed by atoms with Crippen molar-refractivity contribution in [1.82, 2.24) is 14.9 Å². The maximum atomic E-state index is 12.6. The number of aromatic nitrogens is 2. The largest absolute Gasteiger partial charge is 0.355 e. The van der Waals surface area contributed by atoms with Gasteiger partial charge in [0.25, 0.3) is 0 Å². The quantitative estimate of drug-likeness (QED) is 0.916. The summed E-state index contributed by atoms with van der Waals surface area (Å²) in [6, 6.07) is 8.54. The first-order valence-electron chi connectivity index (χ1n) is 9.95. The predicted molar refractivity (Wildman–Crippen MR) is 104 cm³/mol. The van der Waals surface area contributed by atoms with Crippen LogP contribution < -0.4 is 10.2 Å². The van der Waals surface area contributed by atoms with Gasteiger partial charge in [0.15, 0.2) is 5.82 Å². The lowest BCUT2D eigenvalue weighted by atomic mass is 9.92. The molecule has 0 spiro atoms. The number of hydrogen-bond donors (Lipinski definition) is 1. The molecule has 0 atom stereocenters. The Kier molecular flexibility index (Phi) is 5.23. The van der Waals surface area contributed by atoms with Crippen molar-refractivity contribution in [3.05, 3.63) is 42.9 Å². The number of anilines is 1. The summed E-state index contributed by atoms with van der Waals surface area (Å²) in [5.74, 6) is 1.42. The van der Waals surface area contributed by atoms with Gasteiger partial charge in [-0.05, 0) is 49.9 Å². The maximum Gasteiger partial charge on any atom is 0.223 e. The highest BCUT2D eigenvalue weighted by Crippen LogP contribution is 2.27. The van der Waals surface area contributed by atoms with Gasteiger partial charge in [-0.1, -0.05) is 19.3 Å². The molecule has 138 valence electrons. The second-order valence-electron chi connectivity index (χ2n) is 7.54. The Labute approximate surface area is 155 Å². The molecule has 0 bridgehead atoms. The third-order valence-corrected chi connectivity index (χ3v) is 5.77. The van der Waals surface area contributed by atoms with E-state index in [1.54, 1.807) is 0 Å². The molecule has 26 heavy (non-hydrogen) atoms. The smallest absolute Gasteiger partial charge is 0.223 e. The molecule has 1 amide bonds. The van der Waals surface area contributed by atoms with Crippen molar-refractivity contribution in [2.24, 2.45) is 5.92 Å². The Morgan fingerprint density at radius 1 is 1.00 bits per heavy atom. The summed E-state index contributed by atoms with van der Waals surface area (Å²) in [5.41, 5.74) is 1.10. The number of hydrogen-bond acceptors (Lipinski definition) is 3. The highest BCUT2D eigenvalue weighted by atomic mass is 16.1. The molecule has 1 saturated heterocycles. The van der Waals surface area contributed by atoms with Crippen molar-refractivity contribution in [3.8, 4) is 5.69 Å². The SMILES string of the molecule is O=C(NC1CCCCC1)C1CCN(c2ncccc2-n2cccc2)CC1. The maximum absolute atomic E-state index is 12.6. The van der Waals surface area contributed by atoms with Gasteiger partial charge in [-0.15, -0.1) is 0 Å².